The van der Waals surface area contributed by atoms with Gasteiger partial charge in [-0.05, 0) is 5.92 Å². The van der Waals surface area contributed by atoms with Gasteiger partial charge in [-0.25, -0.2) is 9.69 Å². The molecule has 0 radical (unpaired) electrons. The van der Waals surface area contributed by atoms with Crippen molar-refractivity contribution in [3.8, 4) is 0 Å². The highest BCUT2D eigenvalue weighted by atomic mass is 16.6. The number of cyclic esters (lactones) is 1. The number of rotatable bonds is 3. The summed E-state index contributed by atoms with van der Waals surface area (Å²) in [7, 11) is 0. The van der Waals surface area contributed by atoms with Gasteiger partial charge in [0.2, 0.25) is 5.91 Å². The van der Waals surface area contributed by atoms with E-state index in [-0.39, 0.29) is 11.8 Å². The largest absolute Gasteiger partial charge is 0.447 e. The van der Waals surface area contributed by atoms with Crippen LogP contribution in [0.4, 0.5) is 4.79 Å². The lowest BCUT2D eigenvalue weighted by Crippen LogP contribution is -2.32. The summed E-state index contributed by atoms with van der Waals surface area (Å²) in [5.74, 6) is -0.0872. The van der Waals surface area contributed by atoms with E-state index in [0.29, 0.717) is 19.6 Å². The third kappa shape index (κ3) is 2.31. The van der Waals surface area contributed by atoms with Gasteiger partial charge in [0.05, 0.1) is 6.54 Å². The van der Waals surface area contributed by atoms with Gasteiger partial charge < -0.3 is 4.74 Å². The number of ether oxygens (including phenoxy) is 1. The molecule has 1 aliphatic rings. The van der Waals surface area contributed by atoms with Crippen LogP contribution in [-0.2, 0) is 9.53 Å². The van der Waals surface area contributed by atoms with Crippen LogP contribution in [0.1, 0.15) is 13.3 Å². The Hall–Kier alpha value is -1.32. The number of allylic oxidation sites excluding steroid dienone is 1. The number of nitrogens with zero attached hydrogens (tertiary/aromatic N) is 1. The van der Waals surface area contributed by atoms with Crippen molar-refractivity contribution in [2.45, 2.75) is 13.3 Å². The first-order chi connectivity index (χ1) is 6.15. The summed E-state index contributed by atoms with van der Waals surface area (Å²) in [4.78, 5) is 23.5. The predicted octanol–water partition coefficient (Wildman–Crippen LogP) is 1.18. The molecule has 0 aromatic heterocycles. The smallest absolute Gasteiger partial charge is 0.416 e. The first-order valence-electron chi connectivity index (χ1n) is 4.25. The molecule has 72 valence electrons. The summed E-state index contributed by atoms with van der Waals surface area (Å²) in [6, 6.07) is 0. The Morgan fingerprint density at radius 3 is 3.00 bits per heavy atom. The Balaban J connectivity index is 2.47. The molecule has 0 aromatic carbocycles. The van der Waals surface area contributed by atoms with Gasteiger partial charge in [-0.3, -0.25) is 4.79 Å². The maximum Gasteiger partial charge on any atom is 0.416 e. The molecule has 2 amide bonds. The summed E-state index contributed by atoms with van der Waals surface area (Å²) in [5.41, 5.74) is 0. The second-order valence-electron chi connectivity index (χ2n) is 3.08. The van der Waals surface area contributed by atoms with E-state index >= 15 is 0 Å². The van der Waals surface area contributed by atoms with Crippen LogP contribution in [0.3, 0.4) is 0 Å². The Morgan fingerprint density at radius 2 is 2.54 bits per heavy atom. The molecule has 0 N–H and O–H groups in total. The van der Waals surface area contributed by atoms with Gasteiger partial charge in [0.15, 0.2) is 0 Å². The number of carbonyl (C=O) groups is 2. The zero-order valence-electron chi connectivity index (χ0n) is 7.66. The SMILES string of the molecule is C=C[C@H](C)CC(=O)N1CCOC1=O. The Labute approximate surface area is 77.2 Å². The van der Waals surface area contributed by atoms with Crippen LogP contribution in [0.5, 0.6) is 0 Å². The average molecular weight is 183 g/mol. The van der Waals surface area contributed by atoms with E-state index in [1.807, 2.05) is 6.92 Å². The van der Waals surface area contributed by atoms with Crippen LogP contribution in [0, 0.1) is 5.92 Å². The molecular formula is C9H13NO3. The van der Waals surface area contributed by atoms with Crippen molar-refractivity contribution in [3.63, 3.8) is 0 Å². The van der Waals surface area contributed by atoms with E-state index in [9.17, 15) is 9.59 Å². The monoisotopic (exact) mass is 183 g/mol. The highest BCUT2D eigenvalue weighted by Gasteiger charge is 2.28. The van der Waals surface area contributed by atoms with Gasteiger partial charge >= 0.3 is 6.09 Å². The quantitative estimate of drug-likeness (QED) is 0.617. The van der Waals surface area contributed by atoms with Gasteiger partial charge in [-0.1, -0.05) is 13.0 Å². The molecular weight excluding hydrogens is 170 g/mol. The van der Waals surface area contributed by atoms with Gasteiger partial charge in [0.25, 0.3) is 0 Å². The molecule has 13 heavy (non-hydrogen) atoms. The van der Waals surface area contributed by atoms with Gasteiger partial charge in [0.1, 0.15) is 6.61 Å². The summed E-state index contributed by atoms with van der Waals surface area (Å²) in [5, 5.41) is 0. The maximum absolute atomic E-state index is 11.4. The Morgan fingerprint density at radius 1 is 1.85 bits per heavy atom. The zero-order valence-corrected chi connectivity index (χ0v) is 7.66. The maximum atomic E-state index is 11.4. The van der Waals surface area contributed by atoms with Crippen LogP contribution < -0.4 is 0 Å². The van der Waals surface area contributed by atoms with Crippen molar-refractivity contribution in [1.82, 2.24) is 4.90 Å². The topological polar surface area (TPSA) is 46.6 Å². The Bertz CT molecular complexity index is 237. The summed E-state index contributed by atoms with van der Waals surface area (Å²) < 4.78 is 4.64. The number of imide groups is 1. The van der Waals surface area contributed by atoms with Crippen LogP contribution in [-0.4, -0.2) is 30.1 Å². The van der Waals surface area contributed by atoms with Crippen LogP contribution in [0.15, 0.2) is 12.7 Å². The number of hydrogen-bond acceptors (Lipinski definition) is 3. The number of carbonyl (C=O) groups excluding carboxylic acids is 2. The van der Waals surface area contributed by atoms with E-state index in [0.717, 1.165) is 4.90 Å². The molecule has 0 aromatic rings. The third-order valence-electron chi connectivity index (χ3n) is 1.96. The van der Waals surface area contributed by atoms with Crippen molar-refractivity contribution >= 4 is 12.0 Å². The molecule has 1 atom stereocenters. The van der Waals surface area contributed by atoms with Crippen LogP contribution in [0.25, 0.3) is 0 Å². The average Bonchev–Trinajstić information content (AvgIpc) is 2.51. The molecule has 1 rings (SSSR count). The second-order valence-corrected chi connectivity index (χ2v) is 3.08. The van der Waals surface area contributed by atoms with Crippen molar-refractivity contribution < 1.29 is 14.3 Å². The normalized spacial score (nSPS) is 18.2. The van der Waals surface area contributed by atoms with Crippen molar-refractivity contribution in [3.05, 3.63) is 12.7 Å². The highest BCUT2D eigenvalue weighted by Crippen LogP contribution is 2.10. The fourth-order valence-corrected chi connectivity index (χ4v) is 1.09. The molecule has 1 heterocycles. The Kier molecular flexibility index (Phi) is 3.06. The molecule has 1 aliphatic heterocycles. The minimum atomic E-state index is -0.527. The molecule has 0 spiro atoms. The van der Waals surface area contributed by atoms with Gasteiger partial charge in [-0.15, -0.1) is 6.58 Å². The van der Waals surface area contributed by atoms with Crippen LogP contribution >= 0.6 is 0 Å². The van der Waals surface area contributed by atoms with Gasteiger partial charge in [0, 0.05) is 6.42 Å². The van der Waals surface area contributed by atoms with E-state index in [2.05, 4.69) is 11.3 Å². The first-order valence-corrected chi connectivity index (χ1v) is 4.25. The third-order valence-corrected chi connectivity index (χ3v) is 1.96. The van der Waals surface area contributed by atoms with Crippen molar-refractivity contribution in [2.24, 2.45) is 5.92 Å². The first kappa shape index (κ1) is 9.77. The highest BCUT2D eigenvalue weighted by molar-refractivity contribution is 5.93. The predicted molar refractivity (Wildman–Crippen MR) is 47.0 cm³/mol. The van der Waals surface area contributed by atoms with E-state index in [1.54, 1.807) is 6.08 Å². The lowest BCUT2D eigenvalue weighted by molar-refractivity contribution is -0.128. The summed E-state index contributed by atoms with van der Waals surface area (Å²) >= 11 is 0. The summed E-state index contributed by atoms with van der Waals surface area (Å²) in [6.45, 7) is 6.14. The van der Waals surface area contributed by atoms with Gasteiger partial charge in [-0.2, -0.15) is 0 Å². The molecule has 0 unspecified atom stereocenters. The molecule has 1 fully saturated rings. The molecule has 0 bridgehead atoms. The molecule has 4 heteroatoms. The van der Waals surface area contributed by atoms with E-state index in [1.165, 1.54) is 0 Å². The summed E-state index contributed by atoms with van der Waals surface area (Å²) in [6.07, 6.45) is 1.49. The van der Waals surface area contributed by atoms with Crippen molar-refractivity contribution in [2.75, 3.05) is 13.2 Å². The van der Waals surface area contributed by atoms with Crippen molar-refractivity contribution in [1.29, 1.82) is 0 Å². The zero-order chi connectivity index (χ0) is 9.84. The number of amides is 2. The minimum Gasteiger partial charge on any atom is -0.447 e. The number of hydrogen-bond donors (Lipinski definition) is 0. The van der Waals surface area contributed by atoms with E-state index < -0.39 is 6.09 Å². The van der Waals surface area contributed by atoms with Crippen LogP contribution in [0.2, 0.25) is 0 Å². The fourth-order valence-electron chi connectivity index (χ4n) is 1.09. The second kappa shape index (κ2) is 4.07. The van der Waals surface area contributed by atoms with E-state index in [4.69, 9.17) is 0 Å². The minimum absolute atomic E-state index is 0.0981. The standard InChI is InChI=1S/C9H13NO3/c1-3-7(2)6-8(11)10-4-5-13-9(10)12/h3,7H,1,4-6H2,2H3/t7-/m0/s1. The molecule has 4 nitrogen and oxygen atoms in total. The molecule has 1 saturated heterocycles. The fraction of sp³-hybridized carbons (Fsp3) is 0.556. The lowest BCUT2D eigenvalue weighted by Gasteiger charge is -2.12. The molecule has 0 aliphatic carbocycles. The molecule has 0 saturated carbocycles. The lowest BCUT2D eigenvalue weighted by atomic mass is 10.1.